The number of hydrogen-bond acceptors (Lipinski definition) is 3. The lowest BCUT2D eigenvalue weighted by molar-refractivity contribution is 0.101. The van der Waals surface area contributed by atoms with Crippen molar-refractivity contribution in [1.82, 2.24) is 5.16 Å². The molecule has 1 aromatic heterocycles. The van der Waals surface area contributed by atoms with Crippen LogP contribution in [0, 0.1) is 5.82 Å². The van der Waals surface area contributed by atoms with Crippen LogP contribution in [-0.2, 0) is 0 Å². The Morgan fingerprint density at radius 3 is 2.88 bits per heavy atom. The van der Waals surface area contributed by atoms with Gasteiger partial charge in [0.1, 0.15) is 12.1 Å². The molecular formula is C10H5BrClFN2O2. The molecule has 0 radical (unpaired) electrons. The topological polar surface area (TPSA) is 55.1 Å². The van der Waals surface area contributed by atoms with Crippen LogP contribution in [0.1, 0.15) is 10.5 Å². The van der Waals surface area contributed by atoms with Crippen molar-refractivity contribution in [3.05, 3.63) is 45.5 Å². The van der Waals surface area contributed by atoms with Gasteiger partial charge >= 0.3 is 0 Å². The number of benzene rings is 1. The van der Waals surface area contributed by atoms with Crippen LogP contribution in [0.5, 0.6) is 0 Å². The molecule has 1 amide bonds. The monoisotopic (exact) mass is 318 g/mol. The number of hydrogen-bond donors (Lipinski definition) is 1. The fraction of sp³-hybridized carbons (Fsp3) is 0. The summed E-state index contributed by atoms with van der Waals surface area (Å²) in [6.45, 7) is 0. The van der Waals surface area contributed by atoms with Crippen molar-refractivity contribution in [2.75, 3.05) is 5.32 Å². The standard InChI is InChI=1S/C10H5BrClFN2O2/c11-6-3-5(13)4-7(12)9(6)14-10(16)8-1-2-17-15-8/h1-4H,(H,14,16). The van der Waals surface area contributed by atoms with Gasteiger partial charge in [-0.05, 0) is 28.1 Å². The van der Waals surface area contributed by atoms with Crippen LogP contribution < -0.4 is 5.32 Å². The molecule has 0 saturated carbocycles. The van der Waals surface area contributed by atoms with Crippen molar-refractivity contribution >= 4 is 39.1 Å². The van der Waals surface area contributed by atoms with E-state index >= 15 is 0 Å². The van der Waals surface area contributed by atoms with Crippen molar-refractivity contribution in [1.29, 1.82) is 0 Å². The molecule has 0 atom stereocenters. The number of nitrogens with zero attached hydrogens (tertiary/aromatic N) is 1. The van der Waals surface area contributed by atoms with Crippen LogP contribution in [0.15, 0.2) is 33.5 Å². The van der Waals surface area contributed by atoms with Gasteiger partial charge in [0.15, 0.2) is 5.69 Å². The minimum Gasteiger partial charge on any atom is -0.364 e. The van der Waals surface area contributed by atoms with Crippen LogP contribution in [0.4, 0.5) is 10.1 Å². The Hall–Kier alpha value is -1.40. The second-order valence-corrected chi connectivity index (χ2v) is 4.34. The average Bonchev–Trinajstić information content (AvgIpc) is 2.76. The molecule has 1 N–H and O–H groups in total. The summed E-state index contributed by atoms with van der Waals surface area (Å²) in [6.07, 6.45) is 1.27. The van der Waals surface area contributed by atoms with Gasteiger partial charge in [-0.1, -0.05) is 16.8 Å². The van der Waals surface area contributed by atoms with Gasteiger partial charge in [-0.15, -0.1) is 0 Å². The minimum absolute atomic E-state index is 0.0914. The van der Waals surface area contributed by atoms with Crippen LogP contribution in [0.2, 0.25) is 5.02 Å². The number of halogens is 3. The third-order valence-electron chi connectivity index (χ3n) is 1.92. The first kappa shape index (κ1) is 12.1. The zero-order chi connectivity index (χ0) is 12.4. The maximum Gasteiger partial charge on any atom is 0.277 e. The summed E-state index contributed by atoms with van der Waals surface area (Å²) in [4.78, 5) is 11.7. The molecule has 2 aromatic rings. The van der Waals surface area contributed by atoms with E-state index in [0.29, 0.717) is 4.47 Å². The normalized spacial score (nSPS) is 10.3. The van der Waals surface area contributed by atoms with E-state index in [1.165, 1.54) is 18.4 Å². The van der Waals surface area contributed by atoms with Crippen molar-refractivity contribution in [3.8, 4) is 0 Å². The molecule has 0 unspecified atom stereocenters. The fourth-order valence-electron chi connectivity index (χ4n) is 1.17. The number of carbonyl (C=O) groups excluding carboxylic acids is 1. The van der Waals surface area contributed by atoms with Crippen molar-refractivity contribution in [2.24, 2.45) is 0 Å². The second-order valence-electron chi connectivity index (χ2n) is 3.08. The molecule has 1 heterocycles. The van der Waals surface area contributed by atoms with E-state index in [9.17, 15) is 9.18 Å². The van der Waals surface area contributed by atoms with Gasteiger partial charge in [0.05, 0.1) is 10.7 Å². The average molecular weight is 320 g/mol. The number of carbonyl (C=O) groups is 1. The number of rotatable bonds is 2. The molecule has 17 heavy (non-hydrogen) atoms. The predicted octanol–water partition coefficient (Wildman–Crippen LogP) is 3.48. The number of aromatic nitrogens is 1. The third kappa shape index (κ3) is 2.65. The quantitative estimate of drug-likeness (QED) is 0.922. The van der Waals surface area contributed by atoms with E-state index in [2.05, 4.69) is 30.9 Å². The summed E-state index contributed by atoms with van der Waals surface area (Å²) in [5, 5.41) is 6.06. The van der Waals surface area contributed by atoms with Gasteiger partial charge in [0.25, 0.3) is 5.91 Å². The second kappa shape index (κ2) is 4.85. The summed E-state index contributed by atoms with van der Waals surface area (Å²) in [5.41, 5.74) is 0.387. The smallest absolute Gasteiger partial charge is 0.277 e. The van der Waals surface area contributed by atoms with E-state index < -0.39 is 11.7 Å². The van der Waals surface area contributed by atoms with E-state index in [-0.39, 0.29) is 16.4 Å². The Morgan fingerprint density at radius 1 is 1.53 bits per heavy atom. The molecule has 0 saturated heterocycles. The third-order valence-corrected chi connectivity index (χ3v) is 2.84. The highest BCUT2D eigenvalue weighted by Gasteiger charge is 2.14. The van der Waals surface area contributed by atoms with E-state index in [0.717, 1.165) is 6.07 Å². The number of nitrogens with one attached hydrogen (secondary N) is 1. The molecule has 7 heteroatoms. The number of anilines is 1. The molecule has 2 rings (SSSR count). The van der Waals surface area contributed by atoms with Crippen LogP contribution in [0.25, 0.3) is 0 Å². The van der Waals surface area contributed by atoms with Crippen LogP contribution in [-0.4, -0.2) is 11.1 Å². The predicted molar refractivity (Wildman–Crippen MR) is 63.6 cm³/mol. The molecule has 0 fully saturated rings. The van der Waals surface area contributed by atoms with Gasteiger partial charge in [0, 0.05) is 10.5 Å². The highest BCUT2D eigenvalue weighted by atomic mass is 79.9. The summed E-state index contributed by atoms with van der Waals surface area (Å²) in [6, 6.07) is 3.70. The first-order valence-electron chi connectivity index (χ1n) is 4.44. The summed E-state index contributed by atoms with van der Waals surface area (Å²) in [5.74, 6) is -0.991. The van der Waals surface area contributed by atoms with Gasteiger partial charge in [0.2, 0.25) is 0 Å². The van der Waals surface area contributed by atoms with Crippen molar-refractivity contribution < 1.29 is 13.7 Å². The van der Waals surface area contributed by atoms with Gasteiger partial charge in [-0.2, -0.15) is 0 Å². The summed E-state index contributed by atoms with van der Waals surface area (Å²) >= 11 is 8.92. The highest BCUT2D eigenvalue weighted by Crippen LogP contribution is 2.31. The van der Waals surface area contributed by atoms with E-state index in [1.807, 2.05) is 0 Å². The molecule has 0 aliphatic carbocycles. The maximum atomic E-state index is 13.0. The molecule has 4 nitrogen and oxygen atoms in total. The zero-order valence-corrected chi connectivity index (χ0v) is 10.5. The first-order chi connectivity index (χ1) is 8.08. The molecule has 1 aromatic carbocycles. The van der Waals surface area contributed by atoms with Gasteiger partial charge in [-0.25, -0.2) is 4.39 Å². The van der Waals surface area contributed by atoms with Crippen LogP contribution in [0.3, 0.4) is 0 Å². The zero-order valence-electron chi connectivity index (χ0n) is 8.21. The SMILES string of the molecule is O=C(Nc1c(Cl)cc(F)cc1Br)c1ccon1. The van der Waals surface area contributed by atoms with Crippen LogP contribution >= 0.6 is 27.5 Å². The first-order valence-corrected chi connectivity index (χ1v) is 5.61. The maximum absolute atomic E-state index is 13.0. The Labute approximate surface area is 109 Å². The van der Waals surface area contributed by atoms with E-state index in [4.69, 9.17) is 11.6 Å². The lowest BCUT2D eigenvalue weighted by Crippen LogP contribution is -2.13. The lowest BCUT2D eigenvalue weighted by Gasteiger charge is -2.08. The molecule has 0 aliphatic heterocycles. The van der Waals surface area contributed by atoms with Crippen molar-refractivity contribution in [3.63, 3.8) is 0 Å². The number of amides is 1. The summed E-state index contributed by atoms with van der Waals surface area (Å²) in [7, 11) is 0. The molecular weight excluding hydrogens is 314 g/mol. The minimum atomic E-state index is -0.499. The summed E-state index contributed by atoms with van der Waals surface area (Å²) < 4.78 is 17.8. The van der Waals surface area contributed by atoms with Gasteiger partial charge in [-0.3, -0.25) is 4.79 Å². The van der Waals surface area contributed by atoms with E-state index in [1.54, 1.807) is 0 Å². The lowest BCUT2D eigenvalue weighted by atomic mass is 10.3. The molecule has 0 spiro atoms. The molecule has 0 aliphatic rings. The fourth-order valence-corrected chi connectivity index (χ4v) is 2.07. The van der Waals surface area contributed by atoms with Crippen molar-refractivity contribution in [2.45, 2.75) is 0 Å². The molecule has 0 bridgehead atoms. The Bertz CT molecular complexity index is 536. The largest absolute Gasteiger partial charge is 0.364 e. The van der Waals surface area contributed by atoms with Gasteiger partial charge < -0.3 is 9.84 Å². The Balaban J connectivity index is 2.28. The highest BCUT2D eigenvalue weighted by molar-refractivity contribution is 9.10. The Morgan fingerprint density at radius 2 is 2.29 bits per heavy atom. The molecule has 88 valence electrons. The Kier molecular flexibility index (Phi) is 3.44.